The van der Waals surface area contributed by atoms with E-state index in [-0.39, 0.29) is 51.3 Å². The second kappa shape index (κ2) is 6.60. The molecule has 0 aromatic heterocycles. The van der Waals surface area contributed by atoms with Crippen molar-refractivity contribution in [2.24, 2.45) is 0 Å². The summed E-state index contributed by atoms with van der Waals surface area (Å²) in [6, 6.07) is 4.92. The summed E-state index contributed by atoms with van der Waals surface area (Å²) in [6.45, 7) is 0. The van der Waals surface area contributed by atoms with Gasteiger partial charge in [-0.1, -0.05) is 11.6 Å². The second-order valence-electron chi connectivity index (χ2n) is 4.91. The summed E-state index contributed by atoms with van der Waals surface area (Å²) >= 11 is 5.91. The zero-order chi connectivity index (χ0) is 17.8. The number of ketones is 2. The van der Waals surface area contributed by atoms with Crippen LogP contribution in [0.25, 0.3) is 0 Å². The molecule has 0 amide bonds. The van der Waals surface area contributed by atoms with Gasteiger partial charge < -0.3 is 0 Å². The Labute approximate surface area is 168 Å². The van der Waals surface area contributed by atoms with Crippen molar-refractivity contribution >= 4 is 39.0 Å². The predicted octanol–water partition coefficient (Wildman–Crippen LogP) is -0.726. The van der Waals surface area contributed by atoms with Crippen LogP contribution in [0.15, 0.2) is 35.2 Å². The molecule has 0 spiro atoms. The molecular formula is C14H6ClNNaO7S+. The third-order valence-electron chi connectivity index (χ3n) is 3.56. The Balaban J connectivity index is 0.00000225. The fraction of sp³-hybridized carbons (Fsp3) is 0. The Hall–Kier alpha value is -1.62. The van der Waals surface area contributed by atoms with E-state index in [1.807, 2.05) is 0 Å². The molecule has 122 valence electrons. The Kier molecular flexibility index (Phi) is 5.20. The van der Waals surface area contributed by atoms with E-state index in [2.05, 4.69) is 0 Å². The largest absolute Gasteiger partial charge is 1.00 e. The zero-order valence-electron chi connectivity index (χ0n) is 12.5. The van der Waals surface area contributed by atoms with Crippen LogP contribution in [0.1, 0.15) is 31.8 Å². The van der Waals surface area contributed by atoms with E-state index in [0.29, 0.717) is 0 Å². The number of carbonyl (C=O) groups is 2. The van der Waals surface area contributed by atoms with Crippen LogP contribution in [0, 0.1) is 10.1 Å². The quantitative estimate of drug-likeness (QED) is 0.264. The van der Waals surface area contributed by atoms with Crippen molar-refractivity contribution in [1.29, 1.82) is 0 Å². The van der Waals surface area contributed by atoms with E-state index in [1.54, 1.807) is 0 Å². The Morgan fingerprint density at radius 2 is 1.60 bits per heavy atom. The van der Waals surface area contributed by atoms with Gasteiger partial charge in [0.1, 0.15) is 5.56 Å². The normalized spacial score (nSPS) is 12.9. The molecule has 0 aliphatic heterocycles. The van der Waals surface area contributed by atoms with E-state index in [9.17, 15) is 28.1 Å². The van der Waals surface area contributed by atoms with Gasteiger partial charge in [-0.05, 0) is 24.3 Å². The third-order valence-corrected chi connectivity index (χ3v) is 4.73. The van der Waals surface area contributed by atoms with Crippen LogP contribution in [0.4, 0.5) is 5.69 Å². The summed E-state index contributed by atoms with van der Waals surface area (Å²) < 4.78 is 31.5. The molecule has 0 saturated heterocycles. The number of rotatable bonds is 2. The molecule has 0 heterocycles. The zero-order valence-corrected chi connectivity index (χ0v) is 16.1. The minimum absolute atomic E-state index is 0. The molecule has 1 aliphatic carbocycles. The third kappa shape index (κ3) is 3.14. The second-order valence-corrected chi connectivity index (χ2v) is 6.74. The van der Waals surface area contributed by atoms with Gasteiger partial charge in [0, 0.05) is 17.2 Å². The summed E-state index contributed by atoms with van der Waals surface area (Å²) in [7, 11) is -4.59. The standard InChI is InChI=1S/C14H6ClNO7S.Na/c15-9-3-4-10(16(19)20)12-11(9)14(18)8-5-6(24(21,22)23)1-2-7(8)13(12)17;/h1-5H,(H,21,22,23);/q;+1. The molecule has 3 rings (SSSR count). The first kappa shape index (κ1) is 19.7. The van der Waals surface area contributed by atoms with Gasteiger partial charge in [0.25, 0.3) is 15.8 Å². The molecule has 0 atom stereocenters. The van der Waals surface area contributed by atoms with Gasteiger partial charge in [0.2, 0.25) is 5.78 Å². The van der Waals surface area contributed by atoms with Gasteiger partial charge in [0.15, 0.2) is 5.78 Å². The number of fused-ring (bicyclic) bond motifs is 2. The van der Waals surface area contributed by atoms with E-state index in [1.165, 1.54) is 0 Å². The van der Waals surface area contributed by atoms with Gasteiger partial charge in [-0.15, -0.1) is 0 Å². The van der Waals surface area contributed by atoms with E-state index in [4.69, 9.17) is 16.2 Å². The number of nitro benzene ring substituents is 1. The molecule has 11 heteroatoms. The van der Waals surface area contributed by atoms with Crippen LogP contribution in [0.5, 0.6) is 0 Å². The number of halogens is 1. The van der Waals surface area contributed by atoms with Crippen LogP contribution in [-0.2, 0) is 10.1 Å². The van der Waals surface area contributed by atoms with Crippen LogP contribution in [-0.4, -0.2) is 29.5 Å². The van der Waals surface area contributed by atoms with Gasteiger partial charge in [-0.25, -0.2) is 0 Å². The first-order valence-electron chi connectivity index (χ1n) is 6.30. The van der Waals surface area contributed by atoms with Crippen molar-refractivity contribution in [3.05, 3.63) is 67.7 Å². The predicted molar refractivity (Wildman–Crippen MR) is 81.2 cm³/mol. The molecule has 25 heavy (non-hydrogen) atoms. The molecule has 0 fully saturated rings. The van der Waals surface area contributed by atoms with Crippen molar-refractivity contribution in [1.82, 2.24) is 0 Å². The molecule has 0 radical (unpaired) electrons. The van der Waals surface area contributed by atoms with Crippen LogP contribution in [0.2, 0.25) is 5.02 Å². The monoisotopic (exact) mass is 390 g/mol. The first-order chi connectivity index (χ1) is 11.1. The van der Waals surface area contributed by atoms with Crippen LogP contribution >= 0.6 is 11.6 Å². The van der Waals surface area contributed by atoms with Crippen LogP contribution in [0.3, 0.4) is 0 Å². The molecule has 1 aliphatic rings. The molecule has 0 saturated carbocycles. The Morgan fingerprint density at radius 1 is 1.00 bits per heavy atom. The average molecular weight is 391 g/mol. The summed E-state index contributed by atoms with van der Waals surface area (Å²) in [6.07, 6.45) is 0. The summed E-state index contributed by atoms with van der Waals surface area (Å²) in [5, 5.41) is 11.0. The van der Waals surface area contributed by atoms with Gasteiger partial charge >= 0.3 is 29.6 Å². The SMILES string of the molecule is O=C1c2cc(S(=O)(=O)O)ccc2C(=O)c2c([N+](=O)[O-])ccc(Cl)c21.[Na+]. The van der Waals surface area contributed by atoms with Crippen molar-refractivity contribution in [3.63, 3.8) is 0 Å². The van der Waals surface area contributed by atoms with Gasteiger partial charge in [-0.2, -0.15) is 8.42 Å². The summed E-state index contributed by atoms with van der Waals surface area (Å²) in [5.74, 6) is -1.66. The van der Waals surface area contributed by atoms with Gasteiger partial charge in [0.05, 0.1) is 20.4 Å². The maximum Gasteiger partial charge on any atom is 1.00 e. The minimum Gasteiger partial charge on any atom is -0.288 e. The van der Waals surface area contributed by atoms with Gasteiger partial charge in [-0.3, -0.25) is 24.3 Å². The van der Waals surface area contributed by atoms with Crippen molar-refractivity contribution in [2.75, 3.05) is 0 Å². The number of hydrogen-bond donors (Lipinski definition) is 1. The summed E-state index contributed by atoms with van der Waals surface area (Å²) in [5.41, 5.74) is -1.88. The molecule has 0 bridgehead atoms. The van der Waals surface area contributed by atoms with E-state index >= 15 is 0 Å². The van der Waals surface area contributed by atoms with Crippen LogP contribution < -0.4 is 29.6 Å². The molecular weight excluding hydrogens is 385 g/mol. The van der Waals surface area contributed by atoms with Crippen molar-refractivity contribution in [2.45, 2.75) is 4.90 Å². The number of carbonyl (C=O) groups excluding carboxylic acids is 2. The maximum atomic E-state index is 12.6. The minimum atomic E-state index is -4.59. The maximum absolute atomic E-state index is 12.6. The van der Waals surface area contributed by atoms with Crippen molar-refractivity contribution in [3.8, 4) is 0 Å². The molecule has 1 N–H and O–H groups in total. The molecule has 8 nitrogen and oxygen atoms in total. The number of hydrogen-bond acceptors (Lipinski definition) is 6. The number of nitro groups is 1. The molecule has 0 unspecified atom stereocenters. The smallest absolute Gasteiger partial charge is 0.288 e. The first-order valence-corrected chi connectivity index (χ1v) is 8.12. The summed E-state index contributed by atoms with van der Waals surface area (Å²) in [4.78, 5) is 34.9. The fourth-order valence-corrected chi connectivity index (χ4v) is 3.26. The Bertz CT molecular complexity index is 1070. The number of benzene rings is 2. The van der Waals surface area contributed by atoms with E-state index in [0.717, 1.165) is 30.3 Å². The molecule has 2 aromatic carbocycles. The Morgan fingerprint density at radius 3 is 2.16 bits per heavy atom. The van der Waals surface area contributed by atoms with Crippen molar-refractivity contribution < 1.29 is 57.0 Å². The van der Waals surface area contributed by atoms with E-state index < -0.39 is 42.8 Å². The molecule has 2 aromatic rings. The fourth-order valence-electron chi connectivity index (χ4n) is 2.51. The topological polar surface area (TPSA) is 132 Å². The average Bonchev–Trinajstić information content (AvgIpc) is 2.50. The number of nitrogens with zero attached hydrogens (tertiary/aromatic N) is 1.